The van der Waals surface area contributed by atoms with Crippen LogP contribution in [0.15, 0.2) is 29.2 Å². The van der Waals surface area contributed by atoms with Gasteiger partial charge in [0.05, 0.1) is 17.5 Å². The van der Waals surface area contributed by atoms with Crippen LogP contribution in [0, 0.1) is 5.92 Å². The Labute approximate surface area is 204 Å². The lowest BCUT2D eigenvalue weighted by molar-refractivity contribution is -0.126. The number of anilines is 1. The zero-order valence-electron chi connectivity index (χ0n) is 20.9. The third-order valence-electron chi connectivity index (χ3n) is 5.86. The zero-order valence-corrected chi connectivity index (χ0v) is 21.7. The molecule has 0 saturated carbocycles. The Morgan fingerprint density at radius 2 is 1.85 bits per heavy atom. The summed E-state index contributed by atoms with van der Waals surface area (Å²) in [4.78, 5) is 27.1. The van der Waals surface area contributed by atoms with Crippen LogP contribution in [0.5, 0.6) is 0 Å². The summed E-state index contributed by atoms with van der Waals surface area (Å²) < 4.78 is 32.3. The lowest BCUT2D eigenvalue weighted by Crippen LogP contribution is -2.43. The lowest BCUT2D eigenvalue weighted by Gasteiger charge is -2.30. The number of carbonyl (C=O) groups is 2. The molecule has 1 fully saturated rings. The smallest absolute Gasteiger partial charge is 0.243 e. The van der Waals surface area contributed by atoms with Crippen LogP contribution in [-0.2, 0) is 24.3 Å². The second kappa shape index (κ2) is 13.8. The van der Waals surface area contributed by atoms with Crippen molar-refractivity contribution in [2.45, 2.75) is 58.0 Å². The predicted molar refractivity (Wildman–Crippen MR) is 133 cm³/mol. The summed E-state index contributed by atoms with van der Waals surface area (Å²) in [7, 11) is -3.59. The number of nitrogens with one attached hydrogen (secondary N) is 2. The summed E-state index contributed by atoms with van der Waals surface area (Å²) in [5, 5.41) is 5.78. The van der Waals surface area contributed by atoms with Crippen molar-refractivity contribution in [2.24, 2.45) is 5.92 Å². The second-order valence-corrected chi connectivity index (χ2v) is 10.7. The lowest BCUT2D eigenvalue weighted by atomic mass is 9.96. The highest BCUT2D eigenvalue weighted by Crippen LogP contribution is 2.20. The number of sulfonamides is 1. The molecule has 0 aromatic heterocycles. The largest absolute Gasteiger partial charge is 0.379 e. The van der Waals surface area contributed by atoms with E-state index in [4.69, 9.17) is 4.74 Å². The van der Waals surface area contributed by atoms with Crippen LogP contribution in [0.3, 0.4) is 0 Å². The summed E-state index contributed by atoms with van der Waals surface area (Å²) in [5.41, 5.74) is 0.453. The molecular formula is C24H40N4O5S. The number of amides is 2. The molecule has 1 heterocycles. The molecule has 1 aromatic carbocycles. The molecule has 2 rings (SSSR count). The van der Waals surface area contributed by atoms with Gasteiger partial charge < -0.3 is 15.4 Å². The minimum Gasteiger partial charge on any atom is -0.379 e. The van der Waals surface area contributed by atoms with Gasteiger partial charge in [-0.05, 0) is 64.4 Å². The number of carbonyl (C=O) groups excluding carboxylic acids is 2. The van der Waals surface area contributed by atoms with E-state index in [0.717, 1.165) is 6.42 Å². The van der Waals surface area contributed by atoms with Gasteiger partial charge in [0.15, 0.2) is 0 Å². The number of likely N-dealkylation sites (tertiary alicyclic amines) is 1. The minimum absolute atomic E-state index is 0.0349. The maximum Gasteiger partial charge on any atom is 0.243 e. The highest BCUT2D eigenvalue weighted by Gasteiger charge is 2.26. The monoisotopic (exact) mass is 496 g/mol. The maximum atomic E-state index is 12.7. The summed E-state index contributed by atoms with van der Waals surface area (Å²) in [6.45, 7) is 11.1. The fourth-order valence-corrected chi connectivity index (χ4v) is 5.46. The molecule has 0 bridgehead atoms. The van der Waals surface area contributed by atoms with Gasteiger partial charge in [0.25, 0.3) is 0 Å². The van der Waals surface area contributed by atoms with Crippen molar-refractivity contribution in [3.05, 3.63) is 24.3 Å². The van der Waals surface area contributed by atoms with Gasteiger partial charge in [-0.3, -0.25) is 14.5 Å². The first kappa shape index (κ1) is 28.2. The van der Waals surface area contributed by atoms with Gasteiger partial charge in [0.1, 0.15) is 0 Å². The fourth-order valence-electron chi connectivity index (χ4n) is 3.95. The van der Waals surface area contributed by atoms with Crippen LogP contribution >= 0.6 is 0 Å². The molecule has 1 aliphatic rings. The van der Waals surface area contributed by atoms with Crippen LogP contribution in [0.4, 0.5) is 5.69 Å². The minimum atomic E-state index is -3.59. The van der Waals surface area contributed by atoms with Gasteiger partial charge >= 0.3 is 0 Å². The number of benzene rings is 1. The van der Waals surface area contributed by atoms with E-state index in [1.807, 2.05) is 18.7 Å². The van der Waals surface area contributed by atoms with E-state index in [9.17, 15) is 18.0 Å². The van der Waals surface area contributed by atoms with Crippen LogP contribution in [0.2, 0.25) is 0 Å². The van der Waals surface area contributed by atoms with Gasteiger partial charge in [-0.1, -0.05) is 19.9 Å². The van der Waals surface area contributed by atoms with Gasteiger partial charge in [0, 0.05) is 37.8 Å². The SMILES string of the molecule is CCN(CC)S(=O)(=O)c1cccc(NC(=O)CN2CCC(C(=O)NCCCOC(C)C)CC2)c1. The molecule has 9 nitrogen and oxygen atoms in total. The number of hydrogen-bond acceptors (Lipinski definition) is 6. The highest BCUT2D eigenvalue weighted by molar-refractivity contribution is 7.89. The molecule has 0 atom stereocenters. The first-order valence-electron chi connectivity index (χ1n) is 12.2. The molecule has 2 amide bonds. The van der Waals surface area contributed by atoms with E-state index in [-0.39, 0.29) is 35.3 Å². The zero-order chi connectivity index (χ0) is 25.1. The van der Waals surface area contributed by atoms with E-state index in [0.29, 0.717) is 57.9 Å². The number of piperidine rings is 1. The van der Waals surface area contributed by atoms with Gasteiger partial charge in [-0.25, -0.2) is 8.42 Å². The van der Waals surface area contributed by atoms with E-state index < -0.39 is 10.0 Å². The molecule has 0 unspecified atom stereocenters. The molecule has 1 aromatic rings. The maximum absolute atomic E-state index is 12.7. The Balaban J connectivity index is 1.78. The molecule has 192 valence electrons. The first-order valence-corrected chi connectivity index (χ1v) is 13.6. The van der Waals surface area contributed by atoms with E-state index in [1.165, 1.54) is 16.4 Å². The molecule has 1 saturated heterocycles. The Bertz CT molecular complexity index is 894. The molecular weight excluding hydrogens is 456 g/mol. The third-order valence-corrected chi connectivity index (χ3v) is 7.90. The number of hydrogen-bond donors (Lipinski definition) is 2. The Morgan fingerprint density at radius 1 is 1.18 bits per heavy atom. The molecule has 34 heavy (non-hydrogen) atoms. The first-order chi connectivity index (χ1) is 16.2. The molecule has 2 N–H and O–H groups in total. The van der Waals surface area contributed by atoms with Crippen molar-refractivity contribution in [1.29, 1.82) is 0 Å². The van der Waals surface area contributed by atoms with E-state index >= 15 is 0 Å². The average molecular weight is 497 g/mol. The summed E-state index contributed by atoms with van der Waals surface area (Å²) >= 11 is 0. The van der Waals surface area contributed by atoms with E-state index in [1.54, 1.807) is 26.0 Å². The van der Waals surface area contributed by atoms with Crippen molar-refractivity contribution in [1.82, 2.24) is 14.5 Å². The van der Waals surface area contributed by atoms with Crippen LogP contribution in [0.1, 0.15) is 47.0 Å². The molecule has 0 aliphatic carbocycles. The van der Waals surface area contributed by atoms with Crippen molar-refractivity contribution in [3.63, 3.8) is 0 Å². The van der Waals surface area contributed by atoms with Crippen molar-refractivity contribution in [3.8, 4) is 0 Å². The number of rotatable bonds is 13. The normalized spacial score (nSPS) is 15.6. The fraction of sp³-hybridized carbons (Fsp3) is 0.667. The van der Waals surface area contributed by atoms with Gasteiger partial charge in [-0.15, -0.1) is 0 Å². The number of nitrogens with zero attached hydrogens (tertiary/aromatic N) is 2. The summed E-state index contributed by atoms with van der Waals surface area (Å²) in [6.07, 6.45) is 2.40. The van der Waals surface area contributed by atoms with Crippen LogP contribution in [0.25, 0.3) is 0 Å². The second-order valence-electron chi connectivity index (χ2n) is 8.78. The van der Waals surface area contributed by atoms with Gasteiger partial charge in [0.2, 0.25) is 21.8 Å². The summed E-state index contributed by atoms with van der Waals surface area (Å²) in [6, 6.07) is 6.35. The number of ether oxygens (including phenoxy) is 1. The van der Waals surface area contributed by atoms with Crippen molar-refractivity contribution >= 4 is 27.5 Å². The molecule has 1 aliphatic heterocycles. The topological polar surface area (TPSA) is 108 Å². The van der Waals surface area contributed by atoms with Gasteiger partial charge in [-0.2, -0.15) is 4.31 Å². The van der Waals surface area contributed by atoms with Crippen LogP contribution in [-0.4, -0.2) is 81.4 Å². The Hall–Kier alpha value is -2.01. The highest BCUT2D eigenvalue weighted by atomic mass is 32.2. The Kier molecular flexibility index (Phi) is 11.4. The summed E-state index contributed by atoms with van der Waals surface area (Å²) in [5.74, 6) is -0.169. The van der Waals surface area contributed by atoms with Crippen molar-refractivity contribution in [2.75, 3.05) is 51.2 Å². The predicted octanol–water partition coefficient (Wildman–Crippen LogP) is 2.30. The molecule has 0 spiro atoms. The standard InChI is InChI=1S/C24H40N4O5S/c1-5-28(6-2)34(31,32)22-10-7-9-21(17-22)26-23(29)18-27-14-11-20(12-15-27)24(30)25-13-8-16-33-19(3)4/h7,9-10,17,19-20H,5-6,8,11-16,18H2,1-4H3,(H,25,30)(H,26,29). The molecule has 0 radical (unpaired) electrons. The third kappa shape index (κ3) is 8.65. The quantitative estimate of drug-likeness (QED) is 0.406. The van der Waals surface area contributed by atoms with Crippen molar-refractivity contribution < 1.29 is 22.7 Å². The van der Waals surface area contributed by atoms with Crippen LogP contribution < -0.4 is 10.6 Å². The Morgan fingerprint density at radius 3 is 2.47 bits per heavy atom. The average Bonchev–Trinajstić information content (AvgIpc) is 2.79. The molecule has 10 heteroatoms. The van der Waals surface area contributed by atoms with E-state index in [2.05, 4.69) is 10.6 Å².